The Kier molecular flexibility index (Phi) is 6.27. The van der Waals surface area contributed by atoms with Crippen molar-refractivity contribution in [3.05, 3.63) is 29.8 Å². The molecule has 1 aromatic carbocycles. The molecule has 0 radical (unpaired) electrons. The lowest BCUT2D eigenvalue weighted by Crippen LogP contribution is -2.57. The van der Waals surface area contributed by atoms with E-state index in [0.29, 0.717) is 42.8 Å². The molecule has 0 aliphatic carbocycles. The lowest BCUT2D eigenvalue weighted by molar-refractivity contribution is -0.125. The maximum absolute atomic E-state index is 13.2. The summed E-state index contributed by atoms with van der Waals surface area (Å²) < 4.78 is 0.433. The third-order valence-electron chi connectivity index (χ3n) is 6.37. The van der Waals surface area contributed by atoms with Gasteiger partial charge in [-0.25, -0.2) is 0 Å². The predicted molar refractivity (Wildman–Crippen MR) is 126 cm³/mol. The summed E-state index contributed by atoms with van der Waals surface area (Å²) >= 11 is 6.24. The number of thiophene rings is 1. The average molecular weight is 447 g/mol. The SMILES string of the molecule is CCNC(=O)C1(S)CCCN(C2CCN(C(=O)c3c(N)sc4ccccc34)CC2)C1. The van der Waals surface area contributed by atoms with Gasteiger partial charge in [0.25, 0.3) is 5.91 Å². The van der Waals surface area contributed by atoms with Gasteiger partial charge in [0.15, 0.2) is 0 Å². The third-order valence-corrected chi connectivity index (χ3v) is 7.93. The first-order chi connectivity index (χ1) is 14.4. The zero-order chi connectivity index (χ0) is 21.3. The summed E-state index contributed by atoms with van der Waals surface area (Å²) in [5.41, 5.74) is 6.85. The summed E-state index contributed by atoms with van der Waals surface area (Å²) in [5, 5.41) is 4.48. The van der Waals surface area contributed by atoms with E-state index in [9.17, 15) is 9.59 Å². The molecule has 0 saturated carbocycles. The monoisotopic (exact) mass is 446 g/mol. The first-order valence-corrected chi connectivity index (χ1v) is 12.0. The average Bonchev–Trinajstić information content (AvgIpc) is 3.09. The Labute approximate surface area is 187 Å². The van der Waals surface area contributed by atoms with E-state index in [1.54, 1.807) is 0 Å². The zero-order valence-corrected chi connectivity index (χ0v) is 19.1. The molecule has 1 unspecified atom stereocenters. The summed E-state index contributed by atoms with van der Waals surface area (Å²) in [7, 11) is 0. The van der Waals surface area contributed by atoms with Crippen molar-refractivity contribution in [1.82, 2.24) is 15.1 Å². The molecule has 3 heterocycles. The molecule has 1 aromatic heterocycles. The molecule has 1 atom stereocenters. The molecule has 2 saturated heterocycles. The van der Waals surface area contributed by atoms with E-state index in [1.165, 1.54) is 11.3 Å². The van der Waals surface area contributed by atoms with E-state index in [0.717, 1.165) is 42.3 Å². The predicted octanol–water partition coefficient (Wildman–Crippen LogP) is 2.99. The Morgan fingerprint density at radius 2 is 2.00 bits per heavy atom. The number of likely N-dealkylation sites (tertiary alicyclic amines) is 2. The summed E-state index contributed by atoms with van der Waals surface area (Å²) in [4.78, 5) is 30.0. The maximum atomic E-state index is 13.2. The third kappa shape index (κ3) is 4.05. The minimum absolute atomic E-state index is 0.0328. The van der Waals surface area contributed by atoms with Crippen LogP contribution in [0.3, 0.4) is 0 Å². The number of hydrogen-bond donors (Lipinski definition) is 3. The lowest BCUT2D eigenvalue weighted by atomic mass is 9.92. The Morgan fingerprint density at radius 1 is 1.27 bits per heavy atom. The van der Waals surface area contributed by atoms with Gasteiger partial charge < -0.3 is 16.0 Å². The molecule has 2 aromatic rings. The number of nitrogens with one attached hydrogen (secondary N) is 1. The van der Waals surface area contributed by atoms with E-state index >= 15 is 0 Å². The molecule has 3 N–H and O–H groups in total. The number of hydrogen-bond acceptors (Lipinski definition) is 6. The number of nitrogens with two attached hydrogens (primary N) is 1. The van der Waals surface area contributed by atoms with Crippen molar-refractivity contribution in [2.24, 2.45) is 0 Å². The molecular formula is C22H30N4O2S2. The van der Waals surface area contributed by atoms with Gasteiger partial charge in [0.05, 0.1) is 10.6 Å². The second-order valence-corrected chi connectivity index (χ2v) is 10.3. The molecule has 0 spiro atoms. The molecular weight excluding hydrogens is 416 g/mol. The number of rotatable bonds is 4. The smallest absolute Gasteiger partial charge is 0.257 e. The Hall–Kier alpha value is -1.77. The van der Waals surface area contributed by atoms with Crippen LogP contribution in [-0.2, 0) is 4.79 Å². The number of carbonyl (C=O) groups is 2. The number of piperidine rings is 2. The van der Waals surface area contributed by atoms with Crippen LogP contribution in [0, 0.1) is 0 Å². The number of thiol groups is 1. The second kappa shape index (κ2) is 8.77. The Balaban J connectivity index is 1.41. The van der Waals surface area contributed by atoms with E-state index in [4.69, 9.17) is 18.4 Å². The van der Waals surface area contributed by atoms with Gasteiger partial charge in [-0.05, 0) is 45.2 Å². The highest BCUT2D eigenvalue weighted by Gasteiger charge is 2.41. The van der Waals surface area contributed by atoms with Crippen LogP contribution in [0.25, 0.3) is 10.1 Å². The maximum Gasteiger partial charge on any atom is 0.257 e. The zero-order valence-electron chi connectivity index (χ0n) is 17.4. The molecule has 2 fully saturated rings. The minimum atomic E-state index is -0.620. The number of amides is 2. The first kappa shape index (κ1) is 21.5. The molecule has 0 bridgehead atoms. The summed E-state index contributed by atoms with van der Waals surface area (Å²) in [6, 6.07) is 8.29. The van der Waals surface area contributed by atoms with E-state index in [1.807, 2.05) is 36.1 Å². The fourth-order valence-electron chi connectivity index (χ4n) is 4.77. The van der Waals surface area contributed by atoms with Crippen molar-refractivity contribution in [2.45, 2.75) is 43.4 Å². The van der Waals surface area contributed by atoms with Gasteiger partial charge >= 0.3 is 0 Å². The number of carbonyl (C=O) groups excluding carboxylic acids is 2. The highest BCUT2D eigenvalue weighted by atomic mass is 32.1. The van der Waals surface area contributed by atoms with Crippen LogP contribution in [-0.4, -0.2) is 65.1 Å². The number of fused-ring (bicyclic) bond motifs is 1. The molecule has 2 aliphatic rings. The first-order valence-electron chi connectivity index (χ1n) is 10.7. The molecule has 2 aliphatic heterocycles. The Morgan fingerprint density at radius 3 is 2.73 bits per heavy atom. The summed E-state index contributed by atoms with van der Waals surface area (Å²) in [6.45, 7) is 5.65. The second-order valence-electron chi connectivity index (χ2n) is 8.33. The number of anilines is 1. The van der Waals surface area contributed by atoms with E-state index in [-0.39, 0.29) is 11.8 Å². The van der Waals surface area contributed by atoms with Gasteiger partial charge in [0, 0.05) is 42.3 Å². The quantitative estimate of drug-likeness (QED) is 0.631. The van der Waals surface area contributed by atoms with Crippen LogP contribution in [0.2, 0.25) is 0 Å². The van der Waals surface area contributed by atoms with Crippen LogP contribution >= 0.6 is 24.0 Å². The Bertz CT molecular complexity index is 938. The van der Waals surface area contributed by atoms with Gasteiger partial charge in [-0.1, -0.05) is 18.2 Å². The number of benzene rings is 1. The van der Waals surface area contributed by atoms with Crippen LogP contribution in [0.4, 0.5) is 5.00 Å². The molecule has 6 nitrogen and oxygen atoms in total. The van der Waals surface area contributed by atoms with E-state index in [2.05, 4.69) is 10.2 Å². The lowest BCUT2D eigenvalue weighted by Gasteiger charge is -2.45. The van der Waals surface area contributed by atoms with Gasteiger partial charge in [0.1, 0.15) is 4.75 Å². The number of nitrogens with zero attached hydrogens (tertiary/aromatic N) is 2. The highest BCUT2D eigenvalue weighted by Crippen LogP contribution is 2.35. The van der Waals surface area contributed by atoms with Crippen molar-refractivity contribution in [3.63, 3.8) is 0 Å². The van der Waals surface area contributed by atoms with Gasteiger partial charge in [-0.15, -0.1) is 11.3 Å². The molecule has 4 rings (SSSR count). The molecule has 2 amide bonds. The van der Waals surface area contributed by atoms with Crippen molar-refractivity contribution >= 4 is 50.9 Å². The van der Waals surface area contributed by atoms with E-state index < -0.39 is 4.75 Å². The molecule has 162 valence electrons. The van der Waals surface area contributed by atoms with Crippen molar-refractivity contribution in [2.75, 3.05) is 38.5 Å². The summed E-state index contributed by atoms with van der Waals surface area (Å²) in [6.07, 6.45) is 3.59. The molecule has 8 heteroatoms. The standard InChI is InChI=1S/C22H30N4O2S2/c1-2-24-21(28)22(29)10-5-11-26(14-22)15-8-12-25(13-9-15)20(27)18-16-6-3-4-7-17(16)30-19(18)23/h3-4,6-7,15,29H,2,5,8-14,23H2,1H3,(H,24,28). The fraction of sp³-hybridized carbons (Fsp3) is 0.545. The van der Waals surface area contributed by atoms with Crippen LogP contribution in [0.15, 0.2) is 24.3 Å². The van der Waals surface area contributed by atoms with Crippen LogP contribution < -0.4 is 11.1 Å². The van der Waals surface area contributed by atoms with Crippen LogP contribution in [0.1, 0.15) is 43.0 Å². The normalized spacial score (nSPS) is 23.6. The number of nitrogen functional groups attached to an aromatic ring is 1. The van der Waals surface area contributed by atoms with Crippen molar-refractivity contribution < 1.29 is 9.59 Å². The van der Waals surface area contributed by atoms with Crippen molar-refractivity contribution in [3.8, 4) is 0 Å². The van der Waals surface area contributed by atoms with Gasteiger partial charge in [-0.2, -0.15) is 12.6 Å². The highest BCUT2D eigenvalue weighted by molar-refractivity contribution is 7.82. The largest absolute Gasteiger partial charge is 0.390 e. The minimum Gasteiger partial charge on any atom is -0.390 e. The van der Waals surface area contributed by atoms with Crippen molar-refractivity contribution in [1.29, 1.82) is 0 Å². The summed E-state index contributed by atoms with van der Waals surface area (Å²) in [5.74, 6) is 0.0679. The van der Waals surface area contributed by atoms with Gasteiger partial charge in [-0.3, -0.25) is 14.5 Å². The fourth-order valence-corrected chi connectivity index (χ4v) is 6.15. The van der Waals surface area contributed by atoms with Crippen LogP contribution in [0.5, 0.6) is 0 Å². The topological polar surface area (TPSA) is 78.7 Å². The van der Waals surface area contributed by atoms with Gasteiger partial charge in [0.2, 0.25) is 5.91 Å². The molecule has 30 heavy (non-hydrogen) atoms.